The van der Waals surface area contributed by atoms with Gasteiger partial charge in [0.05, 0.1) is 0 Å². The average molecular weight is 344 g/mol. The average Bonchev–Trinajstić information content (AvgIpc) is 2.51. The Hall–Kier alpha value is -0.270. The van der Waals surface area contributed by atoms with Gasteiger partial charge >= 0.3 is 0 Å². The maximum absolute atomic E-state index is 11.5. The Morgan fingerprint density at radius 3 is 2.87 bits per heavy atom. The summed E-state index contributed by atoms with van der Waals surface area (Å²) < 4.78 is 1.03. The summed E-state index contributed by atoms with van der Waals surface area (Å²) in [6.45, 7) is 2.54. The lowest BCUT2D eigenvalue weighted by Gasteiger charge is -2.05. The van der Waals surface area contributed by atoms with Crippen molar-refractivity contribution in [3.8, 4) is 0 Å². The quantitative estimate of drug-likeness (QED) is 0.725. The van der Waals surface area contributed by atoms with Gasteiger partial charge in [0.1, 0.15) is 5.69 Å². The van der Waals surface area contributed by atoms with E-state index in [0.717, 1.165) is 9.99 Å². The zero-order valence-corrected chi connectivity index (χ0v) is 11.4. The minimum Gasteiger partial charge on any atom is -0.356 e. The molecule has 0 radical (unpaired) electrons. The van der Waals surface area contributed by atoms with Crippen molar-refractivity contribution in [3.05, 3.63) is 21.5 Å². The van der Waals surface area contributed by atoms with Gasteiger partial charge in [0, 0.05) is 22.4 Å². The fraction of sp³-hybridized carbons (Fsp3) is 0.444. The summed E-state index contributed by atoms with van der Waals surface area (Å²) in [5.41, 5.74) is 6.16. The van der Waals surface area contributed by atoms with E-state index in [4.69, 9.17) is 5.73 Å². The molecule has 1 heterocycles. The number of amides is 1. The number of aromatic nitrogens is 1. The Labute approximate surface area is 109 Å². The molecular weight excluding hydrogens is 328 g/mol. The molecule has 15 heavy (non-hydrogen) atoms. The summed E-state index contributed by atoms with van der Waals surface area (Å²) >= 11 is 2.15. The standard InChI is InChI=1S/C9H14IN3O.ClH/c1-6(11)2-3-12-9(14)8-4-7(10)5-13-8;/h4-6,13H,2-3,11H2,1H3,(H,12,14);1H. The summed E-state index contributed by atoms with van der Waals surface area (Å²) in [5.74, 6) is -0.0754. The number of aromatic amines is 1. The molecule has 0 aliphatic rings. The highest BCUT2D eigenvalue weighted by molar-refractivity contribution is 14.1. The Balaban J connectivity index is 0.00000196. The summed E-state index contributed by atoms with van der Waals surface area (Å²) in [4.78, 5) is 14.3. The number of nitrogens with two attached hydrogens (primary N) is 1. The van der Waals surface area contributed by atoms with E-state index in [9.17, 15) is 4.79 Å². The van der Waals surface area contributed by atoms with Crippen LogP contribution in [0.25, 0.3) is 0 Å². The number of carbonyl (C=O) groups excluding carboxylic acids is 1. The second-order valence-electron chi connectivity index (χ2n) is 3.25. The second-order valence-corrected chi connectivity index (χ2v) is 4.50. The Bertz CT molecular complexity index is 314. The van der Waals surface area contributed by atoms with Crippen molar-refractivity contribution in [3.63, 3.8) is 0 Å². The number of halogens is 2. The lowest BCUT2D eigenvalue weighted by atomic mass is 10.2. The van der Waals surface area contributed by atoms with E-state index >= 15 is 0 Å². The Kier molecular flexibility index (Phi) is 6.95. The van der Waals surface area contributed by atoms with Crippen LogP contribution in [0.2, 0.25) is 0 Å². The minimum absolute atomic E-state index is 0. The third-order valence-electron chi connectivity index (χ3n) is 1.78. The van der Waals surface area contributed by atoms with Crippen LogP contribution < -0.4 is 11.1 Å². The molecule has 4 N–H and O–H groups in total. The van der Waals surface area contributed by atoms with Crippen molar-refractivity contribution >= 4 is 40.9 Å². The van der Waals surface area contributed by atoms with E-state index in [2.05, 4.69) is 32.9 Å². The summed E-state index contributed by atoms with van der Waals surface area (Å²) in [6.07, 6.45) is 2.59. The van der Waals surface area contributed by atoms with Gasteiger partial charge in [-0.2, -0.15) is 0 Å². The van der Waals surface area contributed by atoms with Crippen LogP contribution in [0.5, 0.6) is 0 Å². The van der Waals surface area contributed by atoms with Crippen molar-refractivity contribution in [2.45, 2.75) is 19.4 Å². The van der Waals surface area contributed by atoms with Gasteiger partial charge < -0.3 is 16.0 Å². The summed E-state index contributed by atoms with van der Waals surface area (Å²) in [7, 11) is 0. The largest absolute Gasteiger partial charge is 0.356 e. The van der Waals surface area contributed by atoms with E-state index in [1.54, 1.807) is 6.20 Å². The summed E-state index contributed by atoms with van der Waals surface area (Å²) in [5, 5.41) is 2.79. The Morgan fingerprint density at radius 2 is 2.40 bits per heavy atom. The molecule has 0 aromatic carbocycles. The molecule has 86 valence electrons. The molecule has 0 fully saturated rings. The van der Waals surface area contributed by atoms with Gasteiger partial charge in [-0.25, -0.2) is 0 Å². The lowest BCUT2D eigenvalue weighted by molar-refractivity contribution is 0.0948. The van der Waals surface area contributed by atoms with Crippen molar-refractivity contribution < 1.29 is 4.79 Å². The van der Waals surface area contributed by atoms with Crippen molar-refractivity contribution in [1.29, 1.82) is 0 Å². The van der Waals surface area contributed by atoms with Gasteiger partial charge in [-0.3, -0.25) is 4.79 Å². The fourth-order valence-corrected chi connectivity index (χ4v) is 1.47. The molecule has 1 amide bonds. The molecular formula is C9H15ClIN3O. The second kappa shape index (κ2) is 7.08. The van der Waals surface area contributed by atoms with Crippen molar-refractivity contribution in [1.82, 2.24) is 10.3 Å². The van der Waals surface area contributed by atoms with E-state index < -0.39 is 0 Å². The SMILES string of the molecule is CC(N)CCNC(=O)c1cc(I)c[nH]1.Cl. The number of nitrogens with one attached hydrogen (secondary N) is 2. The smallest absolute Gasteiger partial charge is 0.267 e. The van der Waals surface area contributed by atoms with Crippen LogP contribution in [0.3, 0.4) is 0 Å². The molecule has 4 nitrogen and oxygen atoms in total. The highest BCUT2D eigenvalue weighted by Crippen LogP contribution is 2.05. The van der Waals surface area contributed by atoms with Crippen LogP contribution in [-0.4, -0.2) is 23.5 Å². The van der Waals surface area contributed by atoms with Crippen LogP contribution in [0.1, 0.15) is 23.8 Å². The van der Waals surface area contributed by atoms with Gasteiger partial charge in [0.25, 0.3) is 5.91 Å². The molecule has 0 aliphatic carbocycles. The van der Waals surface area contributed by atoms with Crippen LogP contribution >= 0.6 is 35.0 Å². The molecule has 1 unspecified atom stereocenters. The predicted octanol–water partition coefficient (Wildman–Crippen LogP) is 1.51. The molecule has 0 spiro atoms. The van der Waals surface area contributed by atoms with Crippen molar-refractivity contribution in [2.24, 2.45) is 5.73 Å². The van der Waals surface area contributed by atoms with E-state index in [-0.39, 0.29) is 24.4 Å². The van der Waals surface area contributed by atoms with E-state index in [1.807, 2.05) is 13.0 Å². The van der Waals surface area contributed by atoms with Crippen LogP contribution in [0.4, 0.5) is 0 Å². The molecule has 0 saturated carbocycles. The first-order chi connectivity index (χ1) is 6.59. The molecule has 0 bridgehead atoms. The number of H-pyrrole nitrogens is 1. The van der Waals surface area contributed by atoms with E-state index in [0.29, 0.717) is 12.2 Å². The number of hydrogen-bond donors (Lipinski definition) is 3. The normalized spacial score (nSPS) is 11.7. The van der Waals surface area contributed by atoms with Crippen molar-refractivity contribution in [2.75, 3.05) is 6.54 Å². The molecule has 0 saturated heterocycles. The fourth-order valence-electron chi connectivity index (χ4n) is 1.01. The monoisotopic (exact) mass is 343 g/mol. The number of rotatable bonds is 4. The molecule has 1 aromatic rings. The zero-order valence-electron chi connectivity index (χ0n) is 8.42. The topological polar surface area (TPSA) is 70.9 Å². The first kappa shape index (κ1) is 14.7. The third kappa shape index (κ3) is 5.39. The van der Waals surface area contributed by atoms with Gasteiger partial charge in [-0.05, 0) is 42.0 Å². The highest BCUT2D eigenvalue weighted by Gasteiger charge is 2.06. The maximum Gasteiger partial charge on any atom is 0.267 e. The maximum atomic E-state index is 11.5. The molecule has 1 rings (SSSR count). The predicted molar refractivity (Wildman–Crippen MR) is 71.4 cm³/mol. The Morgan fingerprint density at radius 1 is 1.73 bits per heavy atom. The number of hydrogen-bond acceptors (Lipinski definition) is 2. The molecule has 1 aromatic heterocycles. The highest BCUT2D eigenvalue weighted by atomic mass is 127. The van der Waals surface area contributed by atoms with Gasteiger partial charge in [0.2, 0.25) is 0 Å². The third-order valence-corrected chi connectivity index (χ3v) is 2.40. The van der Waals surface area contributed by atoms with E-state index in [1.165, 1.54) is 0 Å². The van der Waals surface area contributed by atoms with Crippen LogP contribution in [-0.2, 0) is 0 Å². The number of carbonyl (C=O) groups is 1. The zero-order chi connectivity index (χ0) is 10.6. The first-order valence-electron chi connectivity index (χ1n) is 4.47. The van der Waals surface area contributed by atoms with Crippen LogP contribution in [0, 0.1) is 3.57 Å². The van der Waals surface area contributed by atoms with Crippen LogP contribution in [0.15, 0.2) is 12.3 Å². The molecule has 6 heteroatoms. The van der Waals surface area contributed by atoms with Gasteiger partial charge in [0.15, 0.2) is 0 Å². The van der Waals surface area contributed by atoms with Gasteiger partial charge in [-0.15, -0.1) is 12.4 Å². The summed E-state index contributed by atoms with van der Waals surface area (Å²) in [6, 6.07) is 1.93. The minimum atomic E-state index is -0.0754. The molecule has 1 atom stereocenters. The lowest BCUT2D eigenvalue weighted by Crippen LogP contribution is -2.29. The first-order valence-corrected chi connectivity index (χ1v) is 5.55. The van der Waals surface area contributed by atoms with Gasteiger partial charge in [-0.1, -0.05) is 0 Å². The molecule has 0 aliphatic heterocycles.